The van der Waals surface area contributed by atoms with E-state index in [4.69, 9.17) is 18.9 Å². The van der Waals surface area contributed by atoms with Crippen molar-refractivity contribution in [2.45, 2.75) is 0 Å². The Bertz CT molecular complexity index is 1370. The summed E-state index contributed by atoms with van der Waals surface area (Å²) in [4.78, 5) is 48.8. The first-order chi connectivity index (χ1) is 17.8. The van der Waals surface area contributed by atoms with Gasteiger partial charge in [0.05, 0.1) is 55.9 Å². The second-order valence-electron chi connectivity index (χ2n) is 7.29. The van der Waals surface area contributed by atoms with Crippen LogP contribution in [0.5, 0.6) is 17.2 Å². The molecule has 2 amide bonds. The van der Waals surface area contributed by atoms with Gasteiger partial charge in [-0.25, -0.2) is 4.79 Å². The highest BCUT2D eigenvalue weighted by molar-refractivity contribution is 6.12. The molecule has 0 spiro atoms. The Kier molecular flexibility index (Phi) is 8.25. The van der Waals surface area contributed by atoms with E-state index in [0.717, 1.165) is 0 Å². The van der Waals surface area contributed by atoms with Gasteiger partial charge in [-0.3, -0.25) is 19.7 Å². The fourth-order valence-electron chi connectivity index (χ4n) is 3.60. The number of nitrogens with one attached hydrogen (secondary N) is 2. The molecule has 0 radical (unpaired) electrons. The number of carbonyl (C=O) groups excluding carboxylic acids is 3. The van der Waals surface area contributed by atoms with E-state index in [1.807, 2.05) is 0 Å². The molecule has 12 nitrogen and oxygen atoms in total. The standard InChI is InChI=1S/C25H23N3O9/c1-34-20-14(23(29)27-18-12-6-10-16(21(18)35-2)25(31)37-4)8-5-11-17(20)26-24(30)15-9-7-13-19(28(32)33)22(15)36-3/h5-13H,1-4H3,(H,26,30)(H,27,29). The topological polar surface area (TPSA) is 155 Å². The van der Waals surface area contributed by atoms with Gasteiger partial charge in [0.2, 0.25) is 5.75 Å². The zero-order valence-electron chi connectivity index (χ0n) is 20.3. The number of hydrogen-bond acceptors (Lipinski definition) is 9. The van der Waals surface area contributed by atoms with Crippen LogP contribution < -0.4 is 24.8 Å². The molecular formula is C25H23N3O9. The third-order valence-electron chi connectivity index (χ3n) is 5.22. The predicted molar refractivity (Wildman–Crippen MR) is 133 cm³/mol. The Morgan fingerprint density at radius 3 is 1.57 bits per heavy atom. The summed E-state index contributed by atoms with van der Waals surface area (Å²) >= 11 is 0. The number of ether oxygens (including phenoxy) is 4. The first-order valence-electron chi connectivity index (χ1n) is 10.6. The van der Waals surface area contributed by atoms with E-state index in [0.29, 0.717) is 0 Å². The number of nitro groups is 1. The Morgan fingerprint density at radius 1 is 0.676 bits per heavy atom. The zero-order chi connectivity index (χ0) is 27.1. The minimum Gasteiger partial charge on any atom is -0.494 e. The number of nitro benzene ring substituents is 1. The molecule has 0 aliphatic carbocycles. The largest absolute Gasteiger partial charge is 0.494 e. The van der Waals surface area contributed by atoms with Crippen LogP contribution in [-0.4, -0.2) is 51.1 Å². The molecular weight excluding hydrogens is 486 g/mol. The number of methoxy groups -OCH3 is 4. The van der Waals surface area contributed by atoms with Crippen molar-refractivity contribution in [3.63, 3.8) is 0 Å². The Balaban J connectivity index is 1.95. The molecule has 0 atom stereocenters. The lowest BCUT2D eigenvalue weighted by Gasteiger charge is -2.16. The highest BCUT2D eigenvalue weighted by atomic mass is 16.6. The van der Waals surface area contributed by atoms with Crippen LogP contribution in [0.2, 0.25) is 0 Å². The third kappa shape index (κ3) is 5.42. The van der Waals surface area contributed by atoms with Gasteiger partial charge in [-0.1, -0.05) is 18.2 Å². The summed E-state index contributed by atoms with van der Waals surface area (Å²) in [5, 5.41) is 16.6. The molecule has 0 bridgehead atoms. The molecule has 37 heavy (non-hydrogen) atoms. The van der Waals surface area contributed by atoms with Crippen molar-refractivity contribution in [2.75, 3.05) is 39.1 Å². The van der Waals surface area contributed by atoms with Crippen LogP contribution in [0.25, 0.3) is 0 Å². The molecule has 3 aromatic rings. The van der Waals surface area contributed by atoms with Crippen molar-refractivity contribution in [3.8, 4) is 17.2 Å². The molecule has 12 heteroatoms. The quantitative estimate of drug-likeness (QED) is 0.248. The number of para-hydroxylation sites is 3. The molecule has 0 aromatic heterocycles. The van der Waals surface area contributed by atoms with Crippen LogP contribution in [0.15, 0.2) is 54.6 Å². The third-order valence-corrected chi connectivity index (χ3v) is 5.22. The first kappa shape index (κ1) is 26.5. The van der Waals surface area contributed by atoms with E-state index in [1.165, 1.54) is 77.0 Å². The minimum absolute atomic E-state index is 0.0286. The maximum Gasteiger partial charge on any atom is 0.341 e. The summed E-state index contributed by atoms with van der Waals surface area (Å²) in [7, 11) is 5.10. The molecule has 0 aliphatic rings. The number of nitrogens with zero attached hydrogens (tertiary/aromatic N) is 1. The number of esters is 1. The van der Waals surface area contributed by atoms with Gasteiger partial charge in [0.25, 0.3) is 11.8 Å². The van der Waals surface area contributed by atoms with Crippen molar-refractivity contribution < 1.29 is 38.3 Å². The number of rotatable bonds is 9. The summed E-state index contributed by atoms with van der Waals surface area (Å²) in [5.74, 6) is -2.07. The van der Waals surface area contributed by atoms with E-state index in [-0.39, 0.29) is 51.0 Å². The fourth-order valence-corrected chi connectivity index (χ4v) is 3.60. The molecule has 3 rings (SSSR count). The van der Waals surface area contributed by atoms with Crippen LogP contribution in [0.1, 0.15) is 31.1 Å². The van der Waals surface area contributed by atoms with Gasteiger partial charge < -0.3 is 29.6 Å². The van der Waals surface area contributed by atoms with Crippen LogP contribution >= 0.6 is 0 Å². The second kappa shape index (κ2) is 11.5. The molecule has 0 saturated carbocycles. The summed E-state index contributed by atoms with van der Waals surface area (Å²) in [5.41, 5.74) is 0.0343. The summed E-state index contributed by atoms with van der Waals surface area (Å²) < 4.78 is 20.6. The Hall–Kier alpha value is -5.13. The molecule has 0 unspecified atom stereocenters. The number of benzene rings is 3. The van der Waals surface area contributed by atoms with Crippen molar-refractivity contribution in [2.24, 2.45) is 0 Å². The van der Waals surface area contributed by atoms with Gasteiger partial charge in [-0.05, 0) is 30.3 Å². The van der Waals surface area contributed by atoms with E-state index in [9.17, 15) is 24.5 Å². The van der Waals surface area contributed by atoms with E-state index < -0.39 is 22.7 Å². The van der Waals surface area contributed by atoms with Gasteiger partial charge in [-0.2, -0.15) is 0 Å². The number of carbonyl (C=O) groups is 3. The van der Waals surface area contributed by atoms with Gasteiger partial charge in [0.15, 0.2) is 11.5 Å². The van der Waals surface area contributed by atoms with E-state index in [1.54, 1.807) is 6.07 Å². The van der Waals surface area contributed by atoms with Crippen LogP contribution in [0.4, 0.5) is 17.1 Å². The maximum atomic E-state index is 13.2. The van der Waals surface area contributed by atoms with Crippen molar-refractivity contribution in [1.29, 1.82) is 0 Å². The van der Waals surface area contributed by atoms with Gasteiger partial charge >= 0.3 is 11.7 Å². The fraction of sp³-hybridized carbons (Fsp3) is 0.160. The molecule has 192 valence electrons. The van der Waals surface area contributed by atoms with Crippen molar-refractivity contribution in [1.82, 2.24) is 0 Å². The van der Waals surface area contributed by atoms with Gasteiger partial charge in [0, 0.05) is 6.07 Å². The molecule has 0 heterocycles. The van der Waals surface area contributed by atoms with E-state index >= 15 is 0 Å². The average Bonchev–Trinajstić information content (AvgIpc) is 2.91. The van der Waals surface area contributed by atoms with Gasteiger partial charge in [0.1, 0.15) is 5.56 Å². The van der Waals surface area contributed by atoms with Crippen molar-refractivity contribution >= 4 is 34.8 Å². The molecule has 3 aromatic carbocycles. The molecule has 0 saturated heterocycles. The van der Waals surface area contributed by atoms with Crippen LogP contribution in [-0.2, 0) is 4.74 Å². The lowest BCUT2D eigenvalue weighted by atomic mass is 10.1. The van der Waals surface area contributed by atoms with Crippen molar-refractivity contribution in [3.05, 3.63) is 81.4 Å². The predicted octanol–water partition coefficient (Wildman–Crippen LogP) is 3.91. The molecule has 2 N–H and O–H groups in total. The van der Waals surface area contributed by atoms with Crippen LogP contribution in [0, 0.1) is 10.1 Å². The summed E-state index contributed by atoms with van der Waals surface area (Å²) in [6.07, 6.45) is 0. The van der Waals surface area contributed by atoms with E-state index in [2.05, 4.69) is 10.6 Å². The molecule has 0 fully saturated rings. The molecule has 0 aliphatic heterocycles. The Morgan fingerprint density at radius 2 is 1.11 bits per heavy atom. The lowest BCUT2D eigenvalue weighted by molar-refractivity contribution is -0.385. The number of hydrogen-bond donors (Lipinski definition) is 2. The number of anilines is 2. The first-order valence-corrected chi connectivity index (χ1v) is 10.6. The van der Waals surface area contributed by atoms with Crippen LogP contribution in [0.3, 0.4) is 0 Å². The monoisotopic (exact) mass is 509 g/mol. The highest BCUT2D eigenvalue weighted by Gasteiger charge is 2.25. The minimum atomic E-state index is -0.719. The summed E-state index contributed by atoms with van der Waals surface area (Å²) in [6, 6.07) is 13.0. The smallest absolute Gasteiger partial charge is 0.341 e. The average molecular weight is 509 g/mol. The SMILES string of the molecule is COC(=O)c1cccc(NC(=O)c2cccc(NC(=O)c3cccc([N+](=O)[O-])c3OC)c2OC)c1OC. The van der Waals surface area contributed by atoms with Gasteiger partial charge in [-0.15, -0.1) is 0 Å². The second-order valence-corrected chi connectivity index (χ2v) is 7.29. The maximum absolute atomic E-state index is 13.2. The lowest BCUT2D eigenvalue weighted by Crippen LogP contribution is -2.18. The zero-order valence-corrected chi connectivity index (χ0v) is 20.3. The Labute approximate surface area is 211 Å². The highest BCUT2D eigenvalue weighted by Crippen LogP contribution is 2.35. The normalized spacial score (nSPS) is 10.2. The number of amides is 2. The summed E-state index contributed by atoms with van der Waals surface area (Å²) in [6.45, 7) is 0.